The first kappa shape index (κ1) is 18.2. The van der Waals surface area contributed by atoms with Crippen molar-refractivity contribution >= 4 is 45.6 Å². The third kappa shape index (κ3) is 3.71. The normalized spacial score (nSPS) is 11.4. The van der Waals surface area contributed by atoms with Crippen molar-refractivity contribution in [2.45, 2.75) is 0 Å². The second-order valence-corrected chi connectivity index (χ2v) is 7.19. The summed E-state index contributed by atoms with van der Waals surface area (Å²) in [6, 6.07) is 25.5. The van der Waals surface area contributed by atoms with E-state index in [1.807, 2.05) is 78.9 Å². The van der Waals surface area contributed by atoms with Crippen LogP contribution < -0.4 is 5.43 Å². The Morgan fingerprint density at radius 3 is 2.60 bits per heavy atom. The number of halogens is 1. The molecule has 0 fully saturated rings. The Hall–Kier alpha value is -3.83. The molecule has 0 unspecified atom stereocenters. The summed E-state index contributed by atoms with van der Waals surface area (Å²) < 4.78 is 0. The summed E-state index contributed by atoms with van der Waals surface area (Å²) in [7, 11) is 0. The average molecular weight is 410 g/mol. The second kappa shape index (κ2) is 7.89. The Bertz CT molecular complexity index is 1380. The van der Waals surface area contributed by atoms with Gasteiger partial charge in [-0.2, -0.15) is 5.10 Å². The monoisotopic (exact) mass is 409 g/mol. The van der Waals surface area contributed by atoms with E-state index in [1.165, 1.54) is 0 Å². The van der Waals surface area contributed by atoms with Gasteiger partial charge in [-0.1, -0.05) is 54.1 Å². The van der Waals surface area contributed by atoms with Crippen LogP contribution in [0.15, 0.2) is 90.2 Å². The van der Waals surface area contributed by atoms with Gasteiger partial charge in [0.2, 0.25) is 5.95 Å². The molecule has 2 aromatic heterocycles. The average Bonchev–Trinajstić information content (AvgIpc) is 2.79. The minimum atomic E-state index is 0.419. The topological polar surface area (TPSA) is 63.1 Å². The van der Waals surface area contributed by atoms with E-state index in [9.17, 15) is 0 Å². The number of rotatable bonds is 4. The fraction of sp³-hybridized carbons (Fsp3) is 0. The molecule has 0 aliphatic carbocycles. The minimum absolute atomic E-state index is 0.419. The van der Waals surface area contributed by atoms with Crippen molar-refractivity contribution in [1.82, 2.24) is 15.0 Å². The van der Waals surface area contributed by atoms with Gasteiger partial charge in [0.05, 0.1) is 22.9 Å². The molecule has 0 atom stereocenters. The fourth-order valence-electron chi connectivity index (χ4n) is 3.31. The van der Waals surface area contributed by atoms with Gasteiger partial charge in [0.1, 0.15) is 0 Å². The number of nitrogens with one attached hydrogen (secondary N) is 1. The molecule has 3 aromatic carbocycles. The number of benzene rings is 3. The number of aromatic nitrogens is 3. The second-order valence-electron chi connectivity index (χ2n) is 6.75. The highest BCUT2D eigenvalue weighted by Gasteiger charge is 2.10. The van der Waals surface area contributed by atoms with Crippen molar-refractivity contribution in [3.8, 4) is 11.3 Å². The fourth-order valence-corrected chi connectivity index (χ4v) is 3.48. The van der Waals surface area contributed by atoms with Crippen molar-refractivity contribution < 1.29 is 0 Å². The molecule has 0 amide bonds. The van der Waals surface area contributed by atoms with E-state index in [1.54, 1.807) is 12.4 Å². The maximum Gasteiger partial charge on any atom is 0.244 e. The molecular formula is C24H16ClN5. The Kier molecular flexibility index (Phi) is 4.79. The Labute approximate surface area is 178 Å². The molecule has 6 heteroatoms. The van der Waals surface area contributed by atoms with E-state index in [0.29, 0.717) is 11.0 Å². The van der Waals surface area contributed by atoms with E-state index in [4.69, 9.17) is 11.6 Å². The third-order valence-corrected chi connectivity index (χ3v) is 4.95. The smallest absolute Gasteiger partial charge is 0.244 e. The highest BCUT2D eigenvalue weighted by molar-refractivity contribution is 6.31. The van der Waals surface area contributed by atoms with Crippen LogP contribution in [0.5, 0.6) is 0 Å². The number of fused-ring (bicyclic) bond motifs is 2. The first-order valence-corrected chi connectivity index (χ1v) is 9.81. The summed E-state index contributed by atoms with van der Waals surface area (Å²) in [5.41, 5.74) is 7.45. The molecule has 0 radical (unpaired) electrons. The van der Waals surface area contributed by atoms with Crippen molar-refractivity contribution in [3.63, 3.8) is 0 Å². The van der Waals surface area contributed by atoms with Gasteiger partial charge >= 0.3 is 0 Å². The first-order valence-electron chi connectivity index (χ1n) is 9.43. The van der Waals surface area contributed by atoms with Crippen LogP contribution in [0.25, 0.3) is 33.1 Å². The first-order chi connectivity index (χ1) is 14.8. The maximum atomic E-state index is 6.21. The molecule has 30 heavy (non-hydrogen) atoms. The van der Waals surface area contributed by atoms with E-state index in [2.05, 4.69) is 25.5 Å². The van der Waals surface area contributed by atoms with Crippen LogP contribution >= 0.6 is 11.6 Å². The zero-order chi connectivity index (χ0) is 20.3. The van der Waals surface area contributed by atoms with Crippen LogP contribution in [0.1, 0.15) is 5.56 Å². The number of hydrogen-bond acceptors (Lipinski definition) is 5. The van der Waals surface area contributed by atoms with Crippen LogP contribution in [0.2, 0.25) is 5.02 Å². The van der Waals surface area contributed by atoms with Crippen LogP contribution in [0.4, 0.5) is 5.95 Å². The lowest BCUT2D eigenvalue weighted by atomic mass is 10.1. The molecule has 0 spiro atoms. The van der Waals surface area contributed by atoms with Crippen molar-refractivity contribution in [3.05, 3.63) is 95.6 Å². The largest absolute Gasteiger partial charge is 0.256 e. The van der Waals surface area contributed by atoms with Gasteiger partial charge < -0.3 is 0 Å². The predicted molar refractivity (Wildman–Crippen MR) is 123 cm³/mol. The molecule has 0 saturated carbocycles. The van der Waals surface area contributed by atoms with Crippen LogP contribution in [0.3, 0.4) is 0 Å². The molecule has 0 bridgehead atoms. The summed E-state index contributed by atoms with van der Waals surface area (Å²) >= 11 is 6.21. The van der Waals surface area contributed by atoms with Crippen molar-refractivity contribution in [2.24, 2.45) is 5.10 Å². The van der Waals surface area contributed by atoms with Gasteiger partial charge in [0, 0.05) is 27.6 Å². The molecule has 0 aliphatic rings. The van der Waals surface area contributed by atoms with Crippen LogP contribution in [-0.2, 0) is 0 Å². The zero-order valence-electron chi connectivity index (χ0n) is 15.8. The lowest BCUT2D eigenvalue weighted by Gasteiger charge is -2.09. The Morgan fingerprint density at radius 1 is 0.833 bits per heavy atom. The minimum Gasteiger partial charge on any atom is -0.256 e. The molecule has 5 aromatic rings. The summed E-state index contributed by atoms with van der Waals surface area (Å²) in [4.78, 5) is 13.6. The van der Waals surface area contributed by atoms with E-state index >= 15 is 0 Å². The molecule has 144 valence electrons. The van der Waals surface area contributed by atoms with Gasteiger partial charge in [-0.15, -0.1) is 0 Å². The highest BCUT2D eigenvalue weighted by Crippen LogP contribution is 2.29. The molecule has 5 rings (SSSR count). The predicted octanol–water partition coefficient (Wildman–Crippen LogP) is 5.94. The molecule has 2 heterocycles. The van der Waals surface area contributed by atoms with Gasteiger partial charge in [-0.05, 0) is 42.0 Å². The molecule has 5 nitrogen and oxygen atoms in total. The van der Waals surface area contributed by atoms with Gasteiger partial charge in [0.25, 0.3) is 0 Å². The van der Waals surface area contributed by atoms with E-state index in [0.717, 1.165) is 38.6 Å². The standard InChI is InChI=1S/C24H16ClN5/c25-19-9-11-22-20(14-19)23(17-5-2-1-3-6-17)29-24(28-22)30-27-15-16-8-10-21-18(13-16)7-4-12-26-21/h1-15H,(H,28,29,30). The van der Waals surface area contributed by atoms with E-state index < -0.39 is 0 Å². The summed E-state index contributed by atoms with van der Waals surface area (Å²) in [5, 5.41) is 6.93. The van der Waals surface area contributed by atoms with Crippen molar-refractivity contribution in [1.29, 1.82) is 0 Å². The Balaban J connectivity index is 1.49. The van der Waals surface area contributed by atoms with Crippen LogP contribution in [0, 0.1) is 0 Å². The number of hydrogen-bond donors (Lipinski definition) is 1. The number of nitrogens with zero attached hydrogens (tertiary/aromatic N) is 4. The zero-order valence-corrected chi connectivity index (χ0v) is 16.6. The van der Waals surface area contributed by atoms with Crippen LogP contribution in [-0.4, -0.2) is 21.2 Å². The Morgan fingerprint density at radius 2 is 1.70 bits per heavy atom. The van der Waals surface area contributed by atoms with Gasteiger partial charge in [-0.25, -0.2) is 15.4 Å². The lowest BCUT2D eigenvalue weighted by molar-refractivity contribution is 1.16. The number of hydrazone groups is 1. The SMILES string of the molecule is Clc1ccc2nc(NN=Cc3ccc4ncccc4c3)nc(-c3ccccc3)c2c1. The summed E-state index contributed by atoms with van der Waals surface area (Å²) in [5.74, 6) is 0.419. The quantitative estimate of drug-likeness (QED) is 0.294. The molecular weight excluding hydrogens is 394 g/mol. The van der Waals surface area contributed by atoms with Gasteiger partial charge in [-0.3, -0.25) is 4.98 Å². The summed E-state index contributed by atoms with van der Waals surface area (Å²) in [6.45, 7) is 0. The molecule has 1 N–H and O–H groups in total. The maximum absolute atomic E-state index is 6.21. The number of pyridine rings is 1. The lowest BCUT2D eigenvalue weighted by Crippen LogP contribution is -2.00. The highest BCUT2D eigenvalue weighted by atomic mass is 35.5. The molecule has 0 saturated heterocycles. The molecule has 0 aliphatic heterocycles. The number of anilines is 1. The summed E-state index contributed by atoms with van der Waals surface area (Å²) in [6.07, 6.45) is 3.52. The van der Waals surface area contributed by atoms with Gasteiger partial charge in [0.15, 0.2) is 0 Å². The van der Waals surface area contributed by atoms with Crippen molar-refractivity contribution in [2.75, 3.05) is 5.43 Å². The third-order valence-electron chi connectivity index (χ3n) is 4.71. The van der Waals surface area contributed by atoms with E-state index in [-0.39, 0.29) is 0 Å².